The number of rotatable bonds is 2. The Kier molecular flexibility index (Phi) is 3.18. The highest BCUT2D eigenvalue weighted by Gasteiger charge is 2.17. The largest absolute Gasteiger partial charge is 0.449 e. The molecule has 0 aliphatic carbocycles. The van der Waals surface area contributed by atoms with Gasteiger partial charge in [-0.2, -0.15) is 0 Å². The lowest BCUT2D eigenvalue weighted by molar-refractivity contribution is 0.154. The normalized spacial score (nSPS) is 10.8. The molecule has 0 radical (unpaired) electrons. The van der Waals surface area contributed by atoms with Crippen LogP contribution in [0, 0.1) is 6.92 Å². The maximum Gasteiger partial charge on any atom is 0.418 e. The number of hydrogen-bond acceptors (Lipinski definition) is 2. The van der Waals surface area contributed by atoms with Crippen LogP contribution in [0.4, 0.5) is 4.79 Å². The summed E-state index contributed by atoms with van der Waals surface area (Å²) in [5.74, 6) is 0. The molecule has 3 nitrogen and oxygen atoms in total. The average molecular weight is 231 g/mol. The second-order valence-corrected chi connectivity index (χ2v) is 3.97. The number of para-hydroxylation sites is 1. The van der Waals surface area contributed by atoms with Gasteiger partial charge in [0.15, 0.2) is 0 Å². The van der Waals surface area contributed by atoms with Gasteiger partial charge in [0, 0.05) is 11.1 Å². The summed E-state index contributed by atoms with van der Waals surface area (Å²) in [6.45, 7) is 6.28. The monoisotopic (exact) mass is 231 g/mol. The Morgan fingerprint density at radius 2 is 2.00 bits per heavy atom. The first-order valence-corrected chi connectivity index (χ1v) is 5.96. The molecule has 90 valence electrons. The number of benzene rings is 1. The zero-order valence-electron chi connectivity index (χ0n) is 10.5. The van der Waals surface area contributed by atoms with Crippen molar-refractivity contribution in [3.63, 3.8) is 0 Å². The molecule has 0 amide bonds. The lowest BCUT2D eigenvalue weighted by Crippen LogP contribution is -2.14. The summed E-state index contributed by atoms with van der Waals surface area (Å²) in [7, 11) is 0. The molecule has 2 rings (SSSR count). The Labute approximate surface area is 101 Å². The Bertz CT molecular complexity index is 555. The quantitative estimate of drug-likeness (QED) is 0.791. The standard InChI is InChI=1S/C14H17NO2/c1-4-11-10(3)15(14(16)17-5-2)13-9-7-6-8-12(11)13/h6-9H,4-5H2,1-3H3. The van der Waals surface area contributed by atoms with Gasteiger partial charge < -0.3 is 4.74 Å². The summed E-state index contributed by atoms with van der Waals surface area (Å²) in [6.07, 6.45) is 0.625. The van der Waals surface area contributed by atoms with Gasteiger partial charge in [-0.25, -0.2) is 9.36 Å². The van der Waals surface area contributed by atoms with E-state index in [0.29, 0.717) is 6.61 Å². The highest BCUT2D eigenvalue weighted by molar-refractivity contribution is 5.93. The van der Waals surface area contributed by atoms with E-state index in [1.54, 1.807) is 4.57 Å². The number of nitrogens with zero attached hydrogens (tertiary/aromatic N) is 1. The van der Waals surface area contributed by atoms with Crippen LogP contribution >= 0.6 is 0 Å². The van der Waals surface area contributed by atoms with Crippen LogP contribution in [0.3, 0.4) is 0 Å². The van der Waals surface area contributed by atoms with Gasteiger partial charge in [-0.3, -0.25) is 0 Å². The molecular weight excluding hydrogens is 214 g/mol. The molecule has 0 saturated heterocycles. The van der Waals surface area contributed by atoms with Crippen molar-refractivity contribution < 1.29 is 9.53 Å². The molecule has 0 spiro atoms. The van der Waals surface area contributed by atoms with Gasteiger partial charge in [0.2, 0.25) is 0 Å². The van der Waals surface area contributed by atoms with Gasteiger partial charge in [0.05, 0.1) is 12.1 Å². The molecular formula is C14H17NO2. The number of fused-ring (bicyclic) bond motifs is 1. The number of hydrogen-bond donors (Lipinski definition) is 0. The average Bonchev–Trinajstić information content (AvgIpc) is 2.61. The number of aryl methyl sites for hydroxylation is 1. The van der Waals surface area contributed by atoms with Crippen molar-refractivity contribution in [1.29, 1.82) is 0 Å². The summed E-state index contributed by atoms with van der Waals surface area (Å²) in [4.78, 5) is 11.9. The van der Waals surface area contributed by atoms with Crippen LogP contribution in [0.5, 0.6) is 0 Å². The van der Waals surface area contributed by atoms with E-state index >= 15 is 0 Å². The minimum atomic E-state index is -0.291. The third-order valence-corrected chi connectivity index (χ3v) is 3.05. The fourth-order valence-corrected chi connectivity index (χ4v) is 2.30. The van der Waals surface area contributed by atoms with Crippen LogP contribution in [-0.2, 0) is 11.2 Å². The van der Waals surface area contributed by atoms with Crippen LogP contribution in [0.15, 0.2) is 24.3 Å². The molecule has 0 unspecified atom stereocenters. The van der Waals surface area contributed by atoms with Crippen molar-refractivity contribution >= 4 is 17.0 Å². The van der Waals surface area contributed by atoms with E-state index in [2.05, 4.69) is 13.0 Å². The fraction of sp³-hybridized carbons (Fsp3) is 0.357. The van der Waals surface area contributed by atoms with E-state index < -0.39 is 0 Å². The van der Waals surface area contributed by atoms with Crippen LogP contribution in [-0.4, -0.2) is 17.3 Å². The lowest BCUT2D eigenvalue weighted by atomic mass is 10.1. The lowest BCUT2D eigenvalue weighted by Gasteiger charge is -2.06. The van der Waals surface area contributed by atoms with Crippen molar-refractivity contribution in [2.75, 3.05) is 6.61 Å². The zero-order valence-corrected chi connectivity index (χ0v) is 10.5. The molecule has 1 heterocycles. The fourth-order valence-electron chi connectivity index (χ4n) is 2.30. The molecule has 1 aromatic carbocycles. The minimum absolute atomic E-state index is 0.291. The van der Waals surface area contributed by atoms with Gasteiger partial charge in [-0.1, -0.05) is 25.1 Å². The molecule has 0 fully saturated rings. The Morgan fingerprint density at radius 3 is 2.65 bits per heavy atom. The Morgan fingerprint density at radius 1 is 1.29 bits per heavy atom. The molecule has 0 N–H and O–H groups in total. The van der Waals surface area contributed by atoms with Crippen LogP contribution in [0.2, 0.25) is 0 Å². The van der Waals surface area contributed by atoms with E-state index in [1.165, 1.54) is 5.56 Å². The van der Waals surface area contributed by atoms with E-state index in [9.17, 15) is 4.79 Å². The van der Waals surface area contributed by atoms with Crippen molar-refractivity contribution in [2.45, 2.75) is 27.2 Å². The number of ether oxygens (including phenoxy) is 1. The second-order valence-electron chi connectivity index (χ2n) is 3.97. The van der Waals surface area contributed by atoms with E-state index in [1.807, 2.05) is 32.0 Å². The maximum absolute atomic E-state index is 11.9. The predicted octanol–water partition coefficient (Wildman–Crippen LogP) is 3.52. The zero-order chi connectivity index (χ0) is 12.4. The van der Waals surface area contributed by atoms with E-state index in [-0.39, 0.29) is 6.09 Å². The van der Waals surface area contributed by atoms with Gasteiger partial charge in [-0.05, 0) is 31.9 Å². The molecule has 0 saturated carbocycles. The number of carbonyl (C=O) groups excluding carboxylic acids is 1. The summed E-state index contributed by atoms with van der Waals surface area (Å²) in [5, 5.41) is 1.14. The first-order chi connectivity index (χ1) is 8.20. The molecule has 3 heteroatoms. The van der Waals surface area contributed by atoms with E-state index in [0.717, 1.165) is 23.0 Å². The minimum Gasteiger partial charge on any atom is -0.449 e. The van der Waals surface area contributed by atoms with Gasteiger partial charge in [0.25, 0.3) is 0 Å². The molecule has 1 aromatic heterocycles. The molecule has 0 bridgehead atoms. The van der Waals surface area contributed by atoms with Crippen LogP contribution in [0.1, 0.15) is 25.1 Å². The third-order valence-electron chi connectivity index (χ3n) is 3.05. The van der Waals surface area contributed by atoms with Crippen LogP contribution < -0.4 is 0 Å². The first kappa shape index (κ1) is 11.7. The Hall–Kier alpha value is -1.77. The third kappa shape index (κ3) is 1.82. The van der Waals surface area contributed by atoms with Crippen molar-refractivity contribution in [2.24, 2.45) is 0 Å². The van der Waals surface area contributed by atoms with Gasteiger partial charge >= 0.3 is 6.09 Å². The maximum atomic E-state index is 11.9. The highest BCUT2D eigenvalue weighted by Crippen LogP contribution is 2.26. The SMILES string of the molecule is CCOC(=O)n1c(C)c(CC)c2ccccc21. The summed E-state index contributed by atoms with van der Waals surface area (Å²) < 4.78 is 6.76. The summed E-state index contributed by atoms with van der Waals surface area (Å²) in [5.41, 5.74) is 3.13. The van der Waals surface area contributed by atoms with Crippen molar-refractivity contribution in [3.05, 3.63) is 35.5 Å². The molecule has 2 aromatic rings. The summed E-state index contributed by atoms with van der Waals surface area (Å²) in [6, 6.07) is 7.95. The van der Waals surface area contributed by atoms with Crippen molar-refractivity contribution in [3.8, 4) is 0 Å². The van der Waals surface area contributed by atoms with Gasteiger partial charge in [0.1, 0.15) is 0 Å². The number of aromatic nitrogens is 1. The molecule has 0 aliphatic rings. The molecule has 17 heavy (non-hydrogen) atoms. The van der Waals surface area contributed by atoms with Gasteiger partial charge in [-0.15, -0.1) is 0 Å². The van der Waals surface area contributed by atoms with Crippen molar-refractivity contribution in [1.82, 2.24) is 4.57 Å². The Balaban J connectivity index is 2.70. The topological polar surface area (TPSA) is 31.2 Å². The second kappa shape index (κ2) is 4.62. The smallest absolute Gasteiger partial charge is 0.418 e. The summed E-state index contributed by atoms with van der Waals surface area (Å²) >= 11 is 0. The first-order valence-electron chi connectivity index (χ1n) is 5.96. The molecule has 0 aliphatic heterocycles. The predicted molar refractivity (Wildman–Crippen MR) is 68.5 cm³/mol. The number of carbonyl (C=O) groups is 1. The highest BCUT2D eigenvalue weighted by atomic mass is 16.5. The van der Waals surface area contributed by atoms with E-state index in [4.69, 9.17) is 4.74 Å². The van der Waals surface area contributed by atoms with Crippen LogP contribution in [0.25, 0.3) is 10.9 Å². The molecule has 0 atom stereocenters.